The van der Waals surface area contributed by atoms with Gasteiger partial charge in [-0.25, -0.2) is 9.79 Å². The van der Waals surface area contributed by atoms with Crippen LogP contribution in [-0.4, -0.2) is 41.0 Å². The molecule has 2 N–H and O–H groups in total. The first-order valence-electron chi connectivity index (χ1n) is 11.1. The van der Waals surface area contributed by atoms with E-state index in [1.54, 1.807) is 11.9 Å². The number of amides is 1. The predicted molar refractivity (Wildman–Crippen MR) is 125 cm³/mol. The second-order valence-electron chi connectivity index (χ2n) is 7.87. The van der Waals surface area contributed by atoms with Gasteiger partial charge in [0.2, 0.25) is 5.91 Å². The molecule has 1 unspecified atom stereocenters. The van der Waals surface area contributed by atoms with Crippen LogP contribution in [0.2, 0.25) is 0 Å². The zero-order valence-electron chi connectivity index (χ0n) is 19.5. The molecule has 0 aliphatic carbocycles. The van der Waals surface area contributed by atoms with Gasteiger partial charge in [-0.15, -0.1) is 13.2 Å². The molecule has 0 spiro atoms. The molecule has 1 aliphatic rings. The van der Waals surface area contributed by atoms with E-state index in [1.807, 2.05) is 0 Å². The largest absolute Gasteiger partial charge is 0.573 e. The second-order valence-corrected chi connectivity index (χ2v) is 9.01. The Bertz CT molecular complexity index is 889. The number of nitrogens with one attached hydrogen (secondary N) is 1. The lowest BCUT2D eigenvalue weighted by atomic mass is 9.99. The molecule has 2 aromatic carbocycles. The summed E-state index contributed by atoms with van der Waals surface area (Å²) < 4.78 is 48.9. The van der Waals surface area contributed by atoms with Crippen LogP contribution in [0.4, 0.5) is 13.2 Å². The highest BCUT2D eigenvalue weighted by atomic mass is 32.2. The molecule has 2 aromatic rings. The number of rotatable bonds is 7. The lowest BCUT2D eigenvalue weighted by Gasteiger charge is -2.32. The fraction of sp³-hybridized carbons (Fsp3) is 0.458. The number of ether oxygens (including phenoxy) is 2. The highest BCUT2D eigenvalue weighted by Crippen LogP contribution is 2.34. The monoisotopic (exact) mass is 500 g/mol. The fourth-order valence-corrected chi connectivity index (χ4v) is 4.47. The minimum Gasteiger partial charge on any atom is -0.490 e. The van der Waals surface area contributed by atoms with E-state index in [2.05, 4.69) is 47.2 Å². The van der Waals surface area contributed by atoms with Gasteiger partial charge in [0.1, 0.15) is 17.6 Å². The van der Waals surface area contributed by atoms with Crippen molar-refractivity contribution in [1.82, 2.24) is 9.79 Å². The summed E-state index contributed by atoms with van der Waals surface area (Å²) >= 11 is 1.81. The van der Waals surface area contributed by atoms with Crippen molar-refractivity contribution in [1.29, 1.82) is 0 Å². The van der Waals surface area contributed by atoms with Gasteiger partial charge in [-0.2, -0.15) is 0 Å². The third-order valence-corrected chi connectivity index (χ3v) is 6.40. The number of nitrogens with zero attached hydrogens (tertiary/aromatic N) is 1. The van der Waals surface area contributed by atoms with Crippen LogP contribution in [0.5, 0.6) is 11.5 Å². The zero-order valence-corrected chi connectivity index (χ0v) is 20.3. The fourth-order valence-electron chi connectivity index (χ4n) is 3.28. The van der Waals surface area contributed by atoms with Gasteiger partial charge in [0, 0.05) is 24.9 Å². The molecule has 10 heteroatoms. The summed E-state index contributed by atoms with van der Waals surface area (Å²) in [6, 6.07) is 14.2. The summed E-state index contributed by atoms with van der Waals surface area (Å²) in [4.78, 5) is 10.8. The van der Waals surface area contributed by atoms with Crippen LogP contribution >= 0.6 is 11.9 Å². The van der Waals surface area contributed by atoms with Crippen LogP contribution in [0.1, 0.15) is 51.5 Å². The Hall–Kier alpha value is -2.43. The van der Waals surface area contributed by atoms with Gasteiger partial charge in [-0.05, 0) is 73.0 Å². The topological polar surface area (TPSA) is 71.0 Å². The molecule has 1 aliphatic heterocycles. The van der Waals surface area contributed by atoms with Crippen molar-refractivity contribution in [2.75, 3.05) is 13.1 Å². The number of hydrogen-bond donors (Lipinski definition) is 2. The minimum absolute atomic E-state index is 0.0612. The van der Waals surface area contributed by atoms with Crippen LogP contribution in [-0.2, 0) is 4.79 Å². The third-order valence-electron chi connectivity index (χ3n) is 5.21. The maximum Gasteiger partial charge on any atom is 0.573 e. The Balaban J connectivity index is 0.000000739. The van der Waals surface area contributed by atoms with E-state index in [-0.39, 0.29) is 11.9 Å². The molecule has 1 fully saturated rings. The number of hydrogen-bond acceptors (Lipinski definition) is 6. The molecule has 0 saturated carbocycles. The van der Waals surface area contributed by atoms with Gasteiger partial charge in [-0.1, -0.05) is 32.0 Å². The summed E-state index contributed by atoms with van der Waals surface area (Å²) in [5, 5.41) is 7.54. The molecule has 3 rings (SSSR count). The Labute approximate surface area is 202 Å². The molecule has 1 saturated heterocycles. The molecule has 1 heterocycles. The first-order chi connectivity index (χ1) is 16.1. The van der Waals surface area contributed by atoms with Crippen molar-refractivity contribution < 1.29 is 32.6 Å². The van der Waals surface area contributed by atoms with E-state index in [0.717, 1.165) is 32.4 Å². The molecular weight excluding hydrogens is 469 g/mol. The van der Waals surface area contributed by atoms with E-state index >= 15 is 0 Å². The van der Waals surface area contributed by atoms with E-state index in [9.17, 15) is 18.0 Å². The normalized spacial score (nSPS) is 15.6. The number of hydroxylamine groups is 1. The Morgan fingerprint density at radius 2 is 1.71 bits per heavy atom. The quantitative estimate of drug-likeness (QED) is 0.270. The van der Waals surface area contributed by atoms with Crippen molar-refractivity contribution in [3.8, 4) is 11.5 Å². The highest BCUT2D eigenvalue weighted by Gasteiger charge is 2.31. The lowest BCUT2D eigenvalue weighted by Crippen LogP contribution is -2.34. The van der Waals surface area contributed by atoms with Gasteiger partial charge in [0.05, 0.1) is 0 Å². The zero-order chi connectivity index (χ0) is 25.1. The van der Waals surface area contributed by atoms with Crippen LogP contribution in [0, 0.1) is 0 Å². The Morgan fingerprint density at radius 1 is 1.15 bits per heavy atom. The van der Waals surface area contributed by atoms with Crippen LogP contribution in [0.3, 0.4) is 0 Å². The van der Waals surface area contributed by atoms with Crippen molar-refractivity contribution in [3.05, 3.63) is 54.1 Å². The first kappa shape index (κ1) is 27.8. The lowest BCUT2D eigenvalue weighted by molar-refractivity contribution is -0.274. The van der Waals surface area contributed by atoms with Gasteiger partial charge in [-0.3, -0.25) is 10.0 Å². The van der Waals surface area contributed by atoms with Crippen LogP contribution in [0.25, 0.3) is 0 Å². The average molecular weight is 501 g/mol. The minimum atomic E-state index is -4.68. The number of halogens is 3. The summed E-state index contributed by atoms with van der Waals surface area (Å²) in [6.45, 7) is 7.49. The van der Waals surface area contributed by atoms with E-state index in [1.165, 1.54) is 47.1 Å². The summed E-state index contributed by atoms with van der Waals surface area (Å²) in [5.41, 5.74) is 2.78. The van der Waals surface area contributed by atoms with Gasteiger partial charge < -0.3 is 9.47 Å². The third kappa shape index (κ3) is 9.82. The number of benzene rings is 2. The van der Waals surface area contributed by atoms with Crippen LogP contribution in [0.15, 0.2) is 53.4 Å². The number of carbonyl (C=O) groups excluding carboxylic acids is 1. The molecular formula is C24H31F3N2O4S. The molecule has 6 nitrogen and oxygen atoms in total. The van der Waals surface area contributed by atoms with Gasteiger partial charge >= 0.3 is 6.36 Å². The van der Waals surface area contributed by atoms with E-state index in [0.29, 0.717) is 11.7 Å². The standard InChI is InChI=1S/C22H26F3NO2S.C2H5NO2/c1-3-16(2)20-6-4-5-7-21(20)29-26-14-12-18(13-15-26)27-17-8-10-19(11-9-17)28-22(23,24)25;1-2(4)3-5/h4-11,16,18H,3,12-15H2,1-2H3;5H,1H3,(H,3,4). The van der Waals surface area contributed by atoms with E-state index in [4.69, 9.17) is 9.94 Å². The van der Waals surface area contributed by atoms with Crippen molar-refractivity contribution in [2.24, 2.45) is 0 Å². The van der Waals surface area contributed by atoms with Crippen molar-refractivity contribution in [2.45, 2.75) is 63.3 Å². The number of alkyl halides is 3. The molecule has 1 amide bonds. The molecule has 34 heavy (non-hydrogen) atoms. The highest BCUT2D eigenvalue weighted by molar-refractivity contribution is 7.97. The molecule has 188 valence electrons. The van der Waals surface area contributed by atoms with Gasteiger partial charge in [0.15, 0.2) is 0 Å². The molecule has 0 bridgehead atoms. The van der Waals surface area contributed by atoms with Gasteiger partial charge in [0.25, 0.3) is 0 Å². The van der Waals surface area contributed by atoms with E-state index < -0.39 is 12.3 Å². The van der Waals surface area contributed by atoms with Crippen LogP contribution < -0.4 is 15.0 Å². The molecule has 0 radical (unpaired) electrons. The van der Waals surface area contributed by atoms with Crippen molar-refractivity contribution in [3.63, 3.8) is 0 Å². The first-order valence-corrected chi connectivity index (χ1v) is 11.8. The molecule has 1 atom stereocenters. The predicted octanol–water partition coefficient (Wildman–Crippen LogP) is 6.16. The average Bonchev–Trinajstić information content (AvgIpc) is 2.81. The maximum absolute atomic E-state index is 12.2. The number of piperidine rings is 1. The summed E-state index contributed by atoms with van der Waals surface area (Å²) in [6.07, 6.45) is -1.76. The van der Waals surface area contributed by atoms with Crippen molar-refractivity contribution >= 4 is 17.9 Å². The SMILES string of the molecule is CC(=O)NO.CCC(C)c1ccccc1SN1CCC(Oc2ccc(OC(F)(F)F)cc2)CC1. The Morgan fingerprint density at radius 3 is 2.24 bits per heavy atom. The second kappa shape index (κ2) is 13.5. The smallest absolute Gasteiger partial charge is 0.490 e. The molecule has 0 aromatic heterocycles. The maximum atomic E-state index is 12.2. The Kier molecular flexibility index (Phi) is 11.0. The number of carbonyl (C=O) groups is 1. The summed E-state index contributed by atoms with van der Waals surface area (Å²) in [7, 11) is 0. The summed E-state index contributed by atoms with van der Waals surface area (Å²) in [5.74, 6) is 0.414.